The largest absolute Gasteiger partial charge is 0.462 e. The summed E-state index contributed by atoms with van der Waals surface area (Å²) in [6.45, 7) is 1.25. The number of ether oxygens (including phenoxy) is 1. The first kappa shape index (κ1) is 9.77. The molecule has 0 amide bonds. The van der Waals surface area contributed by atoms with Gasteiger partial charge in [0.25, 0.3) is 0 Å². The lowest BCUT2D eigenvalue weighted by atomic mass is 10.2. The van der Waals surface area contributed by atoms with Crippen LogP contribution in [0.15, 0.2) is 42.1 Å². The Balaban J connectivity index is 1.87. The van der Waals surface area contributed by atoms with E-state index >= 15 is 0 Å². The summed E-state index contributed by atoms with van der Waals surface area (Å²) in [5.41, 5.74) is 1.92. The Morgan fingerprint density at radius 2 is 2.13 bits per heavy atom. The van der Waals surface area contributed by atoms with Crippen molar-refractivity contribution in [2.75, 3.05) is 6.61 Å². The molecule has 1 heterocycles. The monoisotopic (exact) mass is 203 g/mol. The van der Waals surface area contributed by atoms with E-state index in [9.17, 15) is 4.79 Å². The third-order valence-corrected chi connectivity index (χ3v) is 2.29. The Bertz CT molecular complexity index is 370. The van der Waals surface area contributed by atoms with Gasteiger partial charge in [-0.3, -0.25) is 0 Å². The van der Waals surface area contributed by atoms with Crippen molar-refractivity contribution >= 4 is 5.97 Å². The highest BCUT2D eigenvalue weighted by atomic mass is 16.5. The SMILES string of the molecule is O=C1OCCC1=CNCc1ccccc1. The van der Waals surface area contributed by atoms with Crippen LogP contribution in [0.25, 0.3) is 0 Å². The van der Waals surface area contributed by atoms with Gasteiger partial charge in [0.2, 0.25) is 0 Å². The minimum Gasteiger partial charge on any atom is -0.462 e. The smallest absolute Gasteiger partial charge is 0.335 e. The molecule has 0 unspecified atom stereocenters. The van der Waals surface area contributed by atoms with Crippen LogP contribution in [0.4, 0.5) is 0 Å². The number of hydrogen-bond acceptors (Lipinski definition) is 3. The van der Waals surface area contributed by atoms with Gasteiger partial charge in [0.05, 0.1) is 12.2 Å². The van der Waals surface area contributed by atoms with Crippen molar-refractivity contribution in [3.05, 3.63) is 47.7 Å². The molecule has 0 atom stereocenters. The zero-order chi connectivity index (χ0) is 10.5. The zero-order valence-electron chi connectivity index (χ0n) is 8.40. The number of esters is 1. The second-order valence-corrected chi connectivity index (χ2v) is 3.42. The van der Waals surface area contributed by atoms with Crippen LogP contribution < -0.4 is 5.32 Å². The molecular weight excluding hydrogens is 190 g/mol. The highest BCUT2D eigenvalue weighted by molar-refractivity contribution is 5.90. The summed E-state index contributed by atoms with van der Waals surface area (Å²) in [6.07, 6.45) is 2.46. The van der Waals surface area contributed by atoms with Crippen molar-refractivity contribution in [3.8, 4) is 0 Å². The lowest BCUT2D eigenvalue weighted by Gasteiger charge is -2.01. The Kier molecular flexibility index (Phi) is 3.02. The van der Waals surface area contributed by atoms with Gasteiger partial charge in [-0.05, 0) is 5.56 Å². The summed E-state index contributed by atoms with van der Waals surface area (Å²) in [5, 5.41) is 3.11. The molecular formula is C12H13NO2. The maximum Gasteiger partial charge on any atom is 0.335 e. The molecule has 1 aliphatic rings. The normalized spacial score (nSPS) is 17.9. The van der Waals surface area contributed by atoms with Crippen LogP contribution in [0, 0.1) is 0 Å². The Hall–Kier alpha value is -1.77. The van der Waals surface area contributed by atoms with Crippen molar-refractivity contribution in [2.45, 2.75) is 13.0 Å². The molecule has 3 nitrogen and oxygen atoms in total. The summed E-state index contributed by atoms with van der Waals surface area (Å²) in [6, 6.07) is 10.1. The van der Waals surface area contributed by atoms with Crippen molar-refractivity contribution < 1.29 is 9.53 Å². The minimum atomic E-state index is -0.199. The molecule has 0 bridgehead atoms. The van der Waals surface area contributed by atoms with E-state index in [-0.39, 0.29) is 5.97 Å². The van der Waals surface area contributed by atoms with Gasteiger partial charge in [-0.15, -0.1) is 0 Å². The second-order valence-electron chi connectivity index (χ2n) is 3.42. The lowest BCUT2D eigenvalue weighted by molar-refractivity contribution is -0.135. The van der Waals surface area contributed by atoms with Crippen LogP contribution in [0.1, 0.15) is 12.0 Å². The van der Waals surface area contributed by atoms with Gasteiger partial charge in [-0.25, -0.2) is 4.79 Å². The molecule has 15 heavy (non-hydrogen) atoms. The zero-order valence-corrected chi connectivity index (χ0v) is 8.40. The maximum atomic E-state index is 11.1. The third kappa shape index (κ3) is 2.59. The van der Waals surface area contributed by atoms with Gasteiger partial charge in [0.15, 0.2) is 0 Å². The van der Waals surface area contributed by atoms with Gasteiger partial charge >= 0.3 is 5.97 Å². The Labute approximate surface area is 88.8 Å². The van der Waals surface area contributed by atoms with E-state index in [0.717, 1.165) is 12.1 Å². The molecule has 1 N–H and O–H groups in total. The summed E-state index contributed by atoms with van der Waals surface area (Å²) in [5.74, 6) is -0.199. The molecule has 0 spiro atoms. The molecule has 0 aromatic heterocycles. The third-order valence-electron chi connectivity index (χ3n) is 2.29. The average molecular weight is 203 g/mol. The Morgan fingerprint density at radius 1 is 1.33 bits per heavy atom. The average Bonchev–Trinajstić information content (AvgIpc) is 2.66. The number of benzene rings is 1. The van der Waals surface area contributed by atoms with Crippen LogP contribution in [0.3, 0.4) is 0 Å². The predicted molar refractivity (Wildman–Crippen MR) is 56.9 cm³/mol. The van der Waals surface area contributed by atoms with Gasteiger partial charge in [-0.1, -0.05) is 30.3 Å². The molecule has 1 aromatic rings. The highest BCUT2D eigenvalue weighted by Gasteiger charge is 2.17. The van der Waals surface area contributed by atoms with E-state index in [1.165, 1.54) is 5.56 Å². The van der Waals surface area contributed by atoms with Crippen molar-refractivity contribution in [1.82, 2.24) is 5.32 Å². The number of carbonyl (C=O) groups excluding carboxylic acids is 1. The first-order valence-electron chi connectivity index (χ1n) is 5.00. The van der Waals surface area contributed by atoms with Gasteiger partial charge < -0.3 is 10.1 Å². The summed E-state index contributed by atoms with van der Waals surface area (Å²) >= 11 is 0. The highest BCUT2D eigenvalue weighted by Crippen LogP contribution is 2.11. The van der Waals surface area contributed by atoms with E-state index < -0.39 is 0 Å². The molecule has 0 aliphatic carbocycles. The molecule has 1 aromatic carbocycles. The van der Waals surface area contributed by atoms with E-state index in [0.29, 0.717) is 13.0 Å². The molecule has 1 saturated heterocycles. The first-order chi connectivity index (χ1) is 7.36. The van der Waals surface area contributed by atoms with Crippen molar-refractivity contribution in [3.63, 3.8) is 0 Å². The molecule has 2 rings (SSSR count). The molecule has 1 aliphatic heterocycles. The van der Waals surface area contributed by atoms with E-state index in [1.807, 2.05) is 30.3 Å². The first-order valence-corrected chi connectivity index (χ1v) is 5.00. The maximum absolute atomic E-state index is 11.1. The number of rotatable bonds is 3. The number of hydrogen-bond donors (Lipinski definition) is 1. The van der Waals surface area contributed by atoms with Crippen LogP contribution in [0.2, 0.25) is 0 Å². The molecule has 3 heteroatoms. The number of cyclic esters (lactones) is 1. The number of nitrogens with one attached hydrogen (secondary N) is 1. The molecule has 0 saturated carbocycles. The fraction of sp³-hybridized carbons (Fsp3) is 0.250. The summed E-state index contributed by atoms with van der Waals surface area (Å²) < 4.78 is 4.82. The van der Waals surface area contributed by atoms with Gasteiger partial charge in [-0.2, -0.15) is 0 Å². The molecule has 1 fully saturated rings. The van der Waals surface area contributed by atoms with Crippen molar-refractivity contribution in [1.29, 1.82) is 0 Å². The van der Waals surface area contributed by atoms with E-state index in [4.69, 9.17) is 4.74 Å². The van der Waals surface area contributed by atoms with Crippen LogP contribution >= 0.6 is 0 Å². The standard InChI is InChI=1S/C12H13NO2/c14-12-11(6-7-15-12)9-13-8-10-4-2-1-3-5-10/h1-5,9,13H,6-8H2. The number of carbonyl (C=O) groups is 1. The fourth-order valence-electron chi connectivity index (χ4n) is 1.47. The molecule has 0 radical (unpaired) electrons. The molecule has 78 valence electrons. The van der Waals surface area contributed by atoms with Crippen molar-refractivity contribution in [2.24, 2.45) is 0 Å². The fourth-order valence-corrected chi connectivity index (χ4v) is 1.47. The lowest BCUT2D eigenvalue weighted by Crippen LogP contribution is -2.07. The summed E-state index contributed by atoms with van der Waals surface area (Å²) in [4.78, 5) is 11.1. The topological polar surface area (TPSA) is 38.3 Å². The van der Waals surface area contributed by atoms with E-state index in [1.54, 1.807) is 6.20 Å². The minimum absolute atomic E-state index is 0.199. The second kappa shape index (κ2) is 4.64. The van der Waals surface area contributed by atoms with Crippen LogP contribution in [-0.2, 0) is 16.1 Å². The van der Waals surface area contributed by atoms with Gasteiger partial charge in [0.1, 0.15) is 0 Å². The predicted octanol–water partition coefficient (Wildman–Crippen LogP) is 1.61. The van der Waals surface area contributed by atoms with Gasteiger partial charge in [0, 0.05) is 19.2 Å². The summed E-state index contributed by atoms with van der Waals surface area (Å²) in [7, 11) is 0. The quantitative estimate of drug-likeness (QED) is 0.599. The Morgan fingerprint density at radius 3 is 2.80 bits per heavy atom. The van der Waals surface area contributed by atoms with Crippen LogP contribution in [0.5, 0.6) is 0 Å². The van der Waals surface area contributed by atoms with E-state index in [2.05, 4.69) is 5.32 Å². The van der Waals surface area contributed by atoms with Crippen LogP contribution in [-0.4, -0.2) is 12.6 Å².